The van der Waals surface area contributed by atoms with E-state index in [4.69, 9.17) is 0 Å². The number of aryl methyl sites for hydroxylation is 1. The maximum absolute atomic E-state index is 12.2. The molecular weight excluding hydrogens is 332 g/mol. The normalized spacial score (nSPS) is 11.8. The van der Waals surface area contributed by atoms with Gasteiger partial charge in [0.1, 0.15) is 6.04 Å². The first-order chi connectivity index (χ1) is 9.63. The van der Waals surface area contributed by atoms with Crippen molar-refractivity contribution in [1.82, 2.24) is 25.3 Å². The molecule has 0 bridgehead atoms. The molecule has 0 aromatic carbocycles. The van der Waals surface area contributed by atoms with Gasteiger partial charge in [0.15, 0.2) is 4.34 Å². The van der Waals surface area contributed by atoms with Crippen molar-refractivity contribution in [3.8, 4) is 0 Å². The van der Waals surface area contributed by atoms with Gasteiger partial charge in [-0.15, -0.1) is 22.6 Å². The van der Waals surface area contributed by atoms with Crippen LogP contribution < -0.4 is 10.6 Å². The summed E-state index contributed by atoms with van der Waals surface area (Å²) in [5.41, 5.74) is 0.806. The van der Waals surface area contributed by atoms with E-state index in [1.54, 1.807) is 35.9 Å². The molecule has 1 atom stereocenters. The lowest BCUT2D eigenvalue weighted by Crippen LogP contribution is -2.30. The zero-order valence-corrected chi connectivity index (χ0v) is 14.3. The summed E-state index contributed by atoms with van der Waals surface area (Å²) >= 11 is 2.98. The van der Waals surface area contributed by atoms with E-state index in [1.807, 2.05) is 14.0 Å². The number of nitrogens with one attached hydrogen (secondary N) is 2. The van der Waals surface area contributed by atoms with Crippen molar-refractivity contribution in [2.75, 3.05) is 18.1 Å². The lowest BCUT2D eigenvalue weighted by Gasteiger charge is -2.12. The summed E-state index contributed by atoms with van der Waals surface area (Å²) < 4.78 is 2.51. The van der Waals surface area contributed by atoms with Gasteiger partial charge in [-0.25, -0.2) is 0 Å². The van der Waals surface area contributed by atoms with Gasteiger partial charge in [-0.1, -0.05) is 30.0 Å². The summed E-state index contributed by atoms with van der Waals surface area (Å²) in [6.07, 6.45) is 3.47. The number of halogens is 1. The lowest BCUT2D eigenvalue weighted by molar-refractivity contribution is -0.118. The van der Waals surface area contributed by atoms with E-state index in [0.29, 0.717) is 5.13 Å². The third-order valence-corrected chi connectivity index (χ3v) is 4.37. The third-order valence-electron chi connectivity index (χ3n) is 2.51. The Morgan fingerprint density at radius 2 is 2.29 bits per heavy atom. The average molecular weight is 349 g/mol. The molecule has 0 aliphatic rings. The van der Waals surface area contributed by atoms with Gasteiger partial charge in [0.25, 0.3) is 0 Å². The van der Waals surface area contributed by atoms with E-state index >= 15 is 0 Å². The van der Waals surface area contributed by atoms with Crippen molar-refractivity contribution in [3.05, 3.63) is 18.0 Å². The summed E-state index contributed by atoms with van der Waals surface area (Å²) in [6.45, 7) is 2.05. The maximum atomic E-state index is 12.2. The molecule has 2 aromatic heterocycles. The highest BCUT2D eigenvalue weighted by molar-refractivity contribution is 8.01. The van der Waals surface area contributed by atoms with Crippen molar-refractivity contribution in [2.24, 2.45) is 7.05 Å². The zero-order valence-electron chi connectivity index (χ0n) is 11.9. The minimum absolute atomic E-state index is 0. The highest BCUT2D eigenvalue weighted by atomic mass is 35.5. The van der Waals surface area contributed by atoms with Crippen molar-refractivity contribution in [2.45, 2.75) is 17.3 Å². The van der Waals surface area contributed by atoms with Crippen LogP contribution in [0, 0.1) is 0 Å². The predicted molar refractivity (Wildman–Crippen MR) is 87.2 cm³/mol. The molecule has 21 heavy (non-hydrogen) atoms. The fourth-order valence-electron chi connectivity index (χ4n) is 1.66. The van der Waals surface area contributed by atoms with Crippen LogP contribution in [0.2, 0.25) is 0 Å². The minimum atomic E-state index is -0.463. The number of aromatic nitrogens is 4. The van der Waals surface area contributed by atoms with Crippen molar-refractivity contribution >= 4 is 46.5 Å². The van der Waals surface area contributed by atoms with Crippen molar-refractivity contribution < 1.29 is 4.79 Å². The third kappa shape index (κ3) is 4.67. The highest BCUT2D eigenvalue weighted by Crippen LogP contribution is 2.25. The van der Waals surface area contributed by atoms with Gasteiger partial charge in [0.2, 0.25) is 11.0 Å². The molecule has 2 N–H and O–H groups in total. The monoisotopic (exact) mass is 348 g/mol. The first-order valence-electron chi connectivity index (χ1n) is 6.07. The Morgan fingerprint density at radius 1 is 1.52 bits per heavy atom. The largest absolute Gasteiger partial charge is 0.305 e. The molecule has 2 heterocycles. The second-order valence-electron chi connectivity index (χ2n) is 3.96. The molecule has 7 nitrogen and oxygen atoms in total. The fourth-order valence-corrected chi connectivity index (χ4v) is 3.31. The molecule has 1 amide bonds. The molecule has 0 fully saturated rings. The number of rotatable bonds is 6. The van der Waals surface area contributed by atoms with Gasteiger partial charge in [-0.2, -0.15) is 5.10 Å². The summed E-state index contributed by atoms with van der Waals surface area (Å²) in [7, 11) is 3.54. The molecule has 2 rings (SSSR count). The van der Waals surface area contributed by atoms with Crippen LogP contribution in [0.5, 0.6) is 0 Å². The van der Waals surface area contributed by atoms with E-state index < -0.39 is 6.04 Å². The fraction of sp³-hybridized carbons (Fsp3) is 0.455. The molecule has 0 radical (unpaired) electrons. The number of thioether (sulfide) groups is 1. The van der Waals surface area contributed by atoms with E-state index in [0.717, 1.165) is 15.7 Å². The summed E-state index contributed by atoms with van der Waals surface area (Å²) in [4.78, 5) is 12.2. The van der Waals surface area contributed by atoms with Crippen LogP contribution in [-0.2, 0) is 11.8 Å². The quantitative estimate of drug-likeness (QED) is 0.610. The smallest absolute Gasteiger partial charge is 0.248 e. The van der Waals surface area contributed by atoms with Crippen LogP contribution in [0.4, 0.5) is 5.13 Å². The van der Waals surface area contributed by atoms with Crippen molar-refractivity contribution in [3.63, 3.8) is 0 Å². The molecule has 0 saturated heterocycles. The molecule has 0 saturated carbocycles. The SMILES string of the molecule is CCSc1nnc(NC(=O)C(NC)c2cnn(C)c2)s1.Cl. The van der Waals surface area contributed by atoms with Crippen LogP contribution in [0.3, 0.4) is 0 Å². The van der Waals surface area contributed by atoms with E-state index in [-0.39, 0.29) is 18.3 Å². The van der Waals surface area contributed by atoms with Gasteiger partial charge >= 0.3 is 0 Å². The molecule has 0 aliphatic carbocycles. The Morgan fingerprint density at radius 3 is 2.86 bits per heavy atom. The Balaban J connectivity index is 0.00000220. The summed E-state index contributed by atoms with van der Waals surface area (Å²) in [5.74, 6) is 0.752. The lowest BCUT2D eigenvalue weighted by atomic mass is 10.1. The summed E-state index contributed by atoms with van der Waals surface area (Å²) in [5, 5.41) is 18.3. The topological polar surface area (TPSA) is 84.7 Å². The van der Waals surface area contributed by atoms with E-state index in [9.17, 15) is 4.79 Å². The van der Waals surface area contributed by atoms with Gasteiger partial charge in [-0.3, -0.25) is 14.8 Å². The number of carbonyl (C=O) groups excluding carboxylic acids is 1. The number of hydrogen-bond donors (Lipinski definition) is 2. The number of anilines is 1. The Labute approximate surface area is 137 Å². The molecule has 10 heteroatoms. The van der Waals surface area contributed by atoms with Crippen LogP contribution >= 0.6 is 35.5 Å². The highest BCUT2D eigenvalue weighted by Gasteiger charge is 2.21. The summed E-state index contributed by atoms with van der Waals surface area (Å²) in [6, 6.07) is -0.463. The molecule has 2 aromatic rings. The van der Waals surface area contributed by atoms with Gasteiger partial charge in [0, 0.05) is 18.8 Å². The predicted octanol–water partition coefficient (Wildman–Crippen LogP) is 1.70. The van der Waals surface area contributed by atoms with Crippen LogP contribution in [0.25, 0.3) is 0 Å². The van der Waals surface area contributed by atoms with Crippen LogP contribution in [0.1, 0.15) is 18.5 Å². The molecule has 1 unspecified atom stereocenters. The van der Waals surface area contributed by atoms with Gasteiger partial charge in [-0.05, 0) is 12.8 Å². The first-order valence-corrected chi connectivity index (χ1v) is 7.87. The average Bonchev–Trinajstić information content (AvgIpc) is 3.01. The second kappa shape index (κ2) is 8.32. The number of likely N-dealkylation sites (N-methyl/N-ethyl adjacent to an activating group) is 1. The Hall–Kier alpha value is -1.16. The van der Waals surface area contributed by atoms with Crippen LogP contribution in [0.15, 0.2) is 16.7 Å². The molecule has 0 spiro atoms. The van der Waals surface area contributed by atoms with E-state index in [1.165, 1.54) is 11.3 Å². The van der Waals surface area contributed by atoms with E-state index in [2.05, 4.69) is 25.9 Å². The molecule has 0 aliphatic heterocycles. The van der Waals surface area contributed by atoms with Crippen LogP contribution in [-0.4, -0.2) is 38.7 Å². The maximum Gasteiger partial charge on any atom is 0.248 e. The Bertz CT molecular complexity index is 587. The second-order valence-corrected chi connectivity index (χ2v) is 6.45. The van der Waals surface area contributed by atoms with Gasteiger partial charge in [0.05, 0.1) is 6.20 Å². The standard InChI is InChI=1S/C11H16N6OS2.ClH/c1-4-19-11-16-15-10(20-11)14-9(18)8(12-2)7-5-13-17(3)6-7;/h5-6,8,12H,4H2,1-3H3,(H,14,15,18);1H. The first kappa shape index (κ1) is 17.9. The number of carbonyl (C=O) groups is 1. The number of nitrogens with zero attached hydrogens (tertiary/aromatic N) is 4. The molecular formula is C11H17ClN6OS2. The zero-order chi connectivity index (χ0) is 14.5. The Kier molecular flexibility index (Phi) is 7.09. The number of hydrogen-bond acceptors (Lipinski definition) is 7. The number of amides is 1. The minimum Gasteiger partial charge on any atom is -0.305 e. The van der Waals surface area contributed by atoms with Crippen molar-refractivity contribution in [1.29, 1.82) is 0 Å². The van der Waals surface area contributed by atoms with Gasteiger partial charge < -0.3 is 5.32 Å². The molecule has 116 valence electrons.